The quantitative estimate of drug-likeness (QED) is 0.641. The SMILES string of the molecule is O=C(Oc1ccc([C@@H]2CCC[C@]3(C2)OOC2(O3)C3CC4CC(C3)CC2C4)cc1)N1CCNCC1. The van der Waals surface area contributed by atoms with Gasteiger partial charge in [0.05, 0.1) is 0 Å². The molecule has 7 heteroatoms. The number of hydrogen-bond acceptors (Lipinski definition) is 6. The van der Waals surface area contributed by atoms with Gasteiger partial charge in [-0.05, 0) is 80.4 Å². The number of rotatable bonds is 2. The number of benzene rings is 1. The summed E-state index contributed by atoms with van der Waals surface area (Å²) in [6, 6.07) is 8.03. The van der Waals surface area contributed by atoms with Gasteiger partial charge in [0.25, 0.3) is 0 Å². The Morgan fingerprint density at radius 3 is 2.38 bits per heavy atom. The molecule has 2 atom stereocenters. The molecule has 7 nitrogen and oxygen atoms in total. The first-order valence-corrected chi connectivity index (χ1v) is 13.5. The maximum Gasteiger partial charge on any atom is 0.415 e. The minimum atomic E-state index is -0.619. The number of nitrogens with zero attached hydrogens (tertiary/aromatic N) is 1. The van der Waals surface area contributed by atoms with E-state index in [1.54, 1.807) is 4.90 Å². The normalized spacial score (nSPS) is 43.1. The smallest absolute Gasteiger partial charge is 0.410 e. The summed E-state index contributed by atoms with van der Waals surface area (Å²) >= 11 is 0. The number of ether oxygens (including phenoxy) is 2. The van der Waals surface area contributed by atoms with E-state index in [2.05, 4.69) is 17.4 Å². The van der Waals surface area contributed by atoms with E-state index in [0.29, 0.717) is 36.6 Å². The van der Waals surface area contributed by atoms with E-state index in [4.69, 9.17) is 19.2 Å². The fourth-order valence-corrected chi connectivity index (χ4v) is 8.08. The minimum absolute atomic E-state index is 0.267. The second-order valence-electron chi connectivity index (χ2n) is 11.7. The molecular formula is C27H36N2O5. The van der Waals surface area contributed by atoms with Gasteiger partial charge in [-0.15, -0.1) is 0 Å². The number of amides is 1. The molecule has 1 amide bonds. The van der Waals surface area contributed by atoms with E-state index in [9.17, 15) is 4.79 Å². The van der Waals surface area contributed by atoms with Crippen LogP contribution in [0.3, 0.4) is 0 Å². The third kappa shape index (κ3) is 3.58. The Morgan fingerprint density at radius 1 is 0.971 bits per heavy atom. The highest BCUT2D eigenvalue weighted by atomic mass is 17.3. The van der Waals surface area contributed by atoms with Gasteiger partial charge in [-0.1, -0.05) is 12.1 Å². The predicted octanol–water partition coefficient (Wildman–Crippen LogP) is 4.58. The summed E-state index contributed by atoms with van der Waals surface area (Å²) in [5.41, 5.74) is 1.25. The van der Waals surface area contributed by atoms with Gasteiger partial charge >= 0.3 is 6.09 Å². The van der Waals surface area contributed by atoms with Crippen LogP contribution in [0.25, 0.3) is 0 Å². The average Bonchev–Trinajstić information content (AvgIpc) is 3.22. The molecule has 7 fully saturated rings. The van der Waals surface area contributed by atoms with Gasteiger partial charge in [0, 0.05) is 50.9 Å². The lowest BCUT2D eigenvalue weighted by Crippen LogP contribution is -2.59. The largest absolute Gasteiger partial charge is 0.415 e. The first-order chi connectivity index (χ1) is 16.6. The zero-order chi connectivity index (χ0) is 22.8. The average molecular weight is 469 g/mol. The Labute approximate surface area is 201 Å². The number of carbonyl (C=O) groups excluding carboxylic acids is 1. The Balaban J connectivity index is 1.02. The summed E-state index contributed by atoms with van der Waals surface area (Å²) < 4.78 is 12.5. The van der Waals surface area contributed by atoms with Gasteiger partial charge < -0.3 is 19.7 Å². The topological polar surface area (TPSA) is 69.3 Å². The Morgan fingerprint density at radius 2 is 1.68 bits per heavy atom. The Kier molecular flexibility index (Phi) is 5.20. The van der Waals surface area contributed by atoms with Crippen molar-refractivity contribution in [1.82, 2.24) is 10.2 Å². The molecule has 0 unspecified atom stereocenters. The van der Waals surface area contributed by atoms with E-state index < -0.39 is 11.6 Å². The van der Waals surface area contributed by atoms with Gasteiger partial charge in [0.2, 0.25) is 11.6 Å². The lowest BCUT2D eigenvalue weighted by molar-refractivity contribution is -0.390. The van der Waals surface area contributed by atoms with Crippen molar-refractivity contribution in [2.45, 2.75) is 75.3 Å². The number of carbonyl (C=O) groups is 1. The molecule has 2 saturated heterocycles. The molecule has 1 aromatic rings. The van der Waals surface area contributed by atoms with Crippen molar-refractivity contribution in [3.05, 3.63) is 29.8 Å². The van der Waals surface area contributed by atoms with Crippen LogP contribution in [0.2, 0.25) is 0 Å². The van der Waals surface area contributed by atoms with Crippen molar-refractivity contribution in [2.75, 3.05) is 26.2 Å². The lowest BCUT2D eigenvalue weighted by atomic mass is 9.53. The van der Waals surface area contributed by atoms with Crippen LogP contribution in [0.4, 0.5) is 4.79 Å². The Bertz CT molecular complexity index is 901. The molecule has 0 aromatic heterocycles. The molecule has 5 aliphatic carbocycles. The van der Waals surface area contributed by atoms with E-state index in [0.717, 1.165) is 50.6 Å². The standard InChI is InChI=1S/C27H36N2O5/c30-25(29-10-8-28-9-11-29)31-24-5-3-20(4-6-24)21-2-1-7-26(17-21)32-27(34-33-26)22-13-18-12-19(15-22)16-23(27)14-18/h3-6,18-19,21-23,28H,1-2,7-17H2/t18?,19?,21-,22?,23?,26-,27?/m1/s1. The molecule has 1 aromatic carbocycles. The summed E-state index contributed by atoms with van der Waals surface area (Å²) in [5.74, 6) is 2.55. The van der Waals surface area contributed by atoms with E-state index in [1.165, 1.54) is 37.7 Å². The fourth-order valence-electron chi connectivity index (χ4n) is 8.08. The van der Waals surface area contributed by atoms with Crippen LogP contribution in [-0.2, 0) is 14.5 Å². The fraction of sp³-hybridized carbons (Fsp3) is 0.741. The van der Waals surface area contributed by atoms with Crippen molar-refractivity contribution in [1.29, 1.82) is 0 Å². The molecule has 5 saturated carbocycles. The van der Waals surface area contributed by atoms with Crippen LogP contribution in [0.5, 0.6) is 5.75 Å². The van der Waals surface area contributed by atoms with E-state index in [-0.39, 0.29) is 6.09 Å². The maximum atomic E-state index is 12.4. The van der Waals surface area contributed by atoms with Crippen LogP contribution in [0.1, 0.15) is 69.3 Å². The van der Waals surface area contributed by atoms with Crippen LogP contribution in [0.15, 0.2) is 24.3 Å². The summed E-state index contributed by atoms with van der Waals surface area (Å²) in [6.07, 6.45) is 10.00. The van der Waals surface area contributed by atoms with Crippen LogP contribution < -0.4 is 10.1 Å². The van der Waals surface area contributed by atoms with Crippen molar-refractivity contribution in [3.63, 3.8) is 0 Å². The molecule has 2 aliphatic heterocycles. The zero-order valence-electron chi connectivity index (χ0n) is 19.9. The van der Waals surface area contributed by atoms with Gasteiger partial charge in [-0.3, -0.25) is 0 Å². The second kappa shape index (κ2) is 8.19. The molecule has 4 bridgehead atoms. The molecule has 1 N–H and O–H groups in total. The highest BCUT2D eigenvalue weighted by Crippen LogP contribution is 2.64. The minimum Gasteiger partial charge on any atom is -0.410 e. The van der Waals surface area contributed by atoms with Gasteiger partial charge in [0.15, 0.2) is 0 Å². The summed E-state index contributed by atoms with van der Waals surface area (Å²) in [7, 11) is 0. The third-order valence-electron chi connectivity index (χ3n) is 9.54. The summed E-state index contributed by atoms with van der Waals surface area (Å²) in [5, 5.41) is 3.25. The third-order valence-corrected chi connectivity index (χ3v) is 9.54. The zero-order valence-corrected chi connectivity index (χ0v) is 19.9. The first-order valence-electron chi connectivity index (χ1n) is 13.5. The molecule has 34 heavy (non-hydrogen) atoms. The highest BCUT2D eigenvalue weighted by Gasteiger charge is 2.67. The molecule has 2 heterocycles. The van der Waals surface area contributed by atoms with Gasteiger partial charge in [-0.2, -0.15) is 9.78 Å². The molecular weight excluding hydrogens is 432 g/mol. The summed E-state index contributed by atoms with van der Waals surface area (Å²) in [6.45, 7) is 3.01. The van der Waals surface area contributed by atoms with Crippen molar-refractivity contribution >= 4 is 6.09 Å². The molecule has 8 rings (SSSR count). The number of hydrogen-bond donors (Lipinski definition) is 1. The predicted molar refractivity (Wildman–Crippen MR) is 124 cm³/mol. The highest BCUT2D eigenvalue weighted by molar-refractivity contribution is 5.70. The number of nitrogens with one attached hydrogen (secondary N) is 1. The maximum absolute atomic E-state index is 12.4. The lowest BCUT2D eigenvalue weighted by Gasteiger charge is -2.57. The molecule has 7 aliphatic rings. The number of piperazine rings is 1. The van der Waals surface area contributed by atoms with E-state index in [1.807, 2.05) is 12.1 Å². The first kappa shape index (κ1) is 21.6. The second-order valence-corrected chi connectivity index (χ2v) is 11.7. The Hall–Kier alpha value is -1.67. The van der Waals surface area contributed by atoms with Crippen molar-refractivity contribution < 1.29 is 24.0 Å². The molecule has 184 valence electrons. The van der Waals surface area contributed by atoms with Gasteiger partial charge in [0.1, 0.15) is 5.75 Å². The molecule has 0 radical (unpaired) electrons. The monoisotopic (exact) mass is 468 g/mol. The summed E-state index contributed by atoms with van der Waals surface area (Å²) in [4.78, 5) is 26.5. The van der Waals surface area contributed by atoms with Gasteiger partial charge in [-0.25, -0.2) is 4.79 Å². The van der Waals surface area contributed by atoms with E-state index >= 15 is 0 Å². The van der Waals surface area contributed by atoms with Crippen LogP contribution in [0, 0.1) is 23.7 Å². The van der Waals surface area contributed by atoms with Crippen molar-refractivity contribution in [2.24, 2.45) is 23.7 Å². The van der Waals surface area contributed by atoms with Crippen LogP contribution in [-0.4, -0.2) is 48.7 Å². The molecule has 2 spiro atoms. The van der Waals surface area contributed by atoms with Crippen molar-refractivity contribution in [3.8, 4) is 5.75 Å². The van der Waals surface area contributed by atoms with Crippen LogP contribution >= 0.6 is 0 Å².